The number of aromatic nitrogens is 2. The maximum absolute atomic E-state index is 4.75. The molecule has 0 aliphatic heterocycles. The fourth-order valence-corrected chi connectivity index (χ4v) is 4.60. The second-order valence-corrected chi connectivity index (χ2v) is 8.18. The van der Waals surface area contributed by atoms with Crippen molar-refractivity contribution in [3.8, 4) is 0 Å². The highest BCUT2D eigenvalue weighted by Crippen LogP contribution is 2.38. The lowest BCUT2D eigenvalue weighted by Crippen LogP contribution is -2.16. The summed E-state index contributed by atoms with van der Waals surface area (Å²) in [6.07, 6.45) is 19.2. The van der Waals surface area contributed by atoms with Crippen LogP contribution in [-0.2, 0) is 0 Å². The van der Waals surface area contributed by atoms with Crippen LogP contribution >= 0.6 is 0 Å². The summed E-state index contributed by atoms with van der Waals surface area (Å²) in [5.74, 6) is 4.31. The van der Waals surface area contributed by atoms with Gasteiger partial charge in [-0.2, -0.15) is 0 Å². The SMILES string of the molecule is CCC(C)CC1CCC(c2cnc(C3CCCCC3)nc2)CC1. The Morgan fingerprint density at radius 1 is 0.913 bits per heavy atom. The summed E-state index contributed by atoms with van der Waals surface area (Å²) in [5.41, 5.74) is 1.39. The molecule has 0 aromatic carbocycles. The molecule has 0 N–H and O–H groups in total. The van der Waals surface area contributed by atoms with E-state index < -0.39 is 0 Å². The van der Waals surface area contributed by atoms with Gasteiger partial charge in [0.2, 0.25) is 0 Å². The molecule has 2 nitrogen and oxygen atoms in total. The first-order valence-corrected chi connectivity index (χ1v) is 10.1. The van der Waals surface area contributed by atoms with Gasteiger partial charge < -0.3 is 0 Å². The topological polar surface area (TPSA) is 25.8 Å². The van der Waals surface area contributed by atoms with E-state index in [9.17, 15) is 0 Å². The first-order valence-electron chi connectivity index (χ1n) is 10.1. The molecule has 2 aliphatic carbocycles. The van der Waals surface area contributed by atoms with Crippen LogP contribution in [0.2, 0.25) is 0 Å². The van der Waals surface area contributed by atoms with Gasteiger partial charge in [0, 0.05) is 18.3 Å². The minimum absolute atomic E-state index is 0.629. The highest BCUT2D eigenvalue weighted by molar-refractivity contribution is 5.14. The molecule has 2 heteroatoms. The molecular weight excluding hydrogens is 280 g/mol. The summed E-state index contributed by atoms with van der Waals surface area (Å²) in [6, 6.07) is 0. The summed E-state index contributed by atoms with van der Waals surface area (Å²) in [7, 11) is 0. The van der Waals surface area contributed by atoms with Gasteiger partial charge in [-0.25, -0.2) is 9.97 Å². The third-order valence-corrected chi connectivity index (χ3v) is 6.41. The van der Waals surface area contributed by atoms with Crippen molar-refractivity contribution in [3.63, 3.8) is 0 Å². The summed E-state index contributed by atoms with van der Waals surface area (Å²) < 4.78 is 0. The molecule has 0 spiro atoms. The van der Waals surface area contributed by atoms with E-state index in [2.05, 4.69) is 26.2 Å². The molecular formula is C21H34N2. The van der Waals surface area contributed by atoms with E-state index in [1.165, 1.54) is 76.2 Å². The molecule has 1 aromatic rings. The maximum Gasteiger partial charge on any atom is 0.131 e. The van der Waals surface area contributed by atoms with Gasteiger partial charge in [-0.05, 0) is 68.3 Å². The fourth-order valence-electron chi connectivity index (χ4n) is 4.60. The Bertz CT molecular complexity index is 453. The molecule has 23 heavy (non-hydrogen) atoms. The molecule has 0 bridgehead atoms. The van der Waals surface area contributed by atoms with Crippen LogP contribution in [0.3, 0.4) is 0 Å². The van der Waals surface area contributed by atoms with Crippen LogP contribution in [-0.4, -0.2) is 9.97 Å². The monoisotopic (exact) mass is 314 g/mol. The third-order valence-electron chi connectivity index (χ3n) is 6.41. The normalized spacial score (nSPS) is 27.7. The second kappa shape index (κ2) is 8.26. The number of hydrogen-bond donors (Lipinski definition) is 0. The van der Waals surface area contributed by atoms with Gasteiger partial charge in [-0.15, -0.1) is 0 Å². The van der Waals surface area contributed by atoms with Crippen molar-refractivity contribution < 1.29 is 0 Å². The van der Waals surface area contributed by atoms with Gasteiger partial charge in [0.15, 0.2) is 0 Å². The Morgan fingerprint density at radius 3 is 2.17 bits per heavy atom. The molecule has 1 atom stereocenters. The molecule has 128 valence electrons. The van der Waals surface area contributed by atoms with Crippen LogP contribution in [0.25, 0.3) is 0 Å². The predicted molar refractivity (Wildman–Crippen MR) is 96.6 cm³/mol. The molecule has 2 saturated carbocycles. The molecule has 3 rings (SSSR count). The van der Waals surface area contributed by atoms with Crippen LogP contribution in [0.1, 0.15) is 108 Å². The third kappa shape index (κ3) is 4.55. The van der Waals surface area contributed by atoms with Gasteiger partial charge >= 0.3 is 0 Å². The van der Waals surface area contributed by atoms with Crippen LogP contribution in [0.4, 0.5) is 0 Å². The van der Waals surface area contributed by atoms with Crippen LogP contribution in [0.5, 0.6) is 0 Å². The zero-order valence-corrected chi connectivity index (χ0v) is 15.1. The van der Waals surface area contributed by atoms with Crippen molar-refractivity contribution in [1.82, 2.24) is 9.97 Å². The van der Waals surface area contributed by atoms with Gasteiger partial charge in [0.05, 0.1) is 0 Å². The van der Waals surface area contributed by atoms with E-state index in [0.717, 1.165) is 17.7 Å². The molecule has 1 aromatic heterocycles. The number of hydrogen-bond acceptors (Lipinski definition) is 2. The molecule has 2 aliphatic rings. The van der Waals surface area contributed by atoms with E-state index in [4.69, 9.17) is 9.97 Å². The minimum atomic E-state index is 0.629. The van der Waals surface area contributed by atoms with Crippen molar-refractivity contribution in [2.24, 2.45) is 11.8 Å². The molecule has 1 unspecified atom stereocenters. The van der Waals surface area contributed by atoms with Gasteiger partial charge in [0.1, 0.15) is 5.82 Å². The largest absolute Gasteiger partial charge is 0.241 e. The number of rotatable bonds is 5. The van der Waals surface area contributed by atoms with Gasteiger partial charge in [-0.1, -0.05) is 39.5 Å². The molecule has 0 saturated heterocycles. The molecule has 0 amide bonds. The van der Waals surface area contributed by atoms with Crippen molar-refractivity contribution >= 4 is 0 Å². The number of nitrogens with zero attached hydrogens (tertiary/aromatic N) is 2. The lowest BCUT2D eigenvalue weighted by molar-refractivity contribution is 0.273. The van der Waals surface area contributed by atoms with Gasteiger partial charge in [-0.3, -0.25) is 0 Å². The standard InChI is InChI=1S/C21H34N2/c1-3-16(2)13-17-9-11-18(12-10-17)20-14-22-21(23-15-20)19-7-5-4-6-8-19/h14-19H,3-13H2,1-2H3. The highest BCUT2D eigenvalue weighted by atomic mass is 14.9. The Hall–Kier alpha value is -0.920. The Kier molecular flexibility index (Phi) is 6.08. The van der Waals surface area contributed by atoms with Crippen molar-refractivity contribution in [2.45, 2.75) is 96.3 Å². The summed E-state index contributed by atoms with van der Waals surface area (Å²) in [5, 5.41) is 0. The van der Waals surface area contributed by atoms with E-state index >= 15 is 0 Å². The summed E-state index contributed by atoms with van der Waals surface area (Å²) in [4.78, 5) is 9.49. The van der Waals surface area contributed by atoms with Gasteiger partial charge in [0.25, 0.3) is 0 Å². The van der Waals surface area contributed by atoms with Crippen LogP contribution in [0, 0.1) is 11.8 Å². The fraction of sp³-hybridized carbons (Fsp3) is 0.810. The second-order valence-electron chi connectivity index (χ2n) is 8.18. The Balaban J connectivity index is 1.52. The highest BCUT2D eigenvalue weighted by Gasteiger charge is 2.24. The predicted octanol–water partition coefficient (Wildman–Crippen LogP) is 6.23. The summed E-state index contributed by atoms with van der Waals surface area (Å²) >= 11 is 0. The quantitative estimate of drug-likeness (QED) is 0.643. The first kappa shape index (κ1) is 16.9. The zero-order chi connectivity index (χ0) is 16.1. The molecule has 0 radical (unpaired) electrons. The Morgan fingerprint density at radius 2 is 1.57 bits per heavy atom. The lowest BCUT2D eigenvalue weighted by atomic mass is 9.76. The van der Waals surface area contributed by atoms with E-state index in [0.29, 0.717) is 11.8 Å². The average molecular weight is 315 g/mol. The van der Waals surface area contributed by atoms with Crippen LogP contribution in [0.15, 0.2) is 12.4 Å². The first-order chi connectivity index (χ1) is 11.3. The van der Waals surface area contributed by atoms with E-state index in [-0.39, 0.29) is 0 Å². The van der Waals surface area contributed by atoms with Crippen molar-refractivity contribution in [3.05, 3.63) is 23.8 Å². The van der Waals surface area contributed by atoms with E-state index in [1.807, 2.05) is 0 Å². The molecule has 1 heterocycles. The van der Waals surface area contributed by atoms with Crippen molar-refractivity contribution in [1.29, 1.82) is 0 Å². The Labute approximate surface area is 142 Å². The molecule has 2 fully saturated rings. The maximum atomic E-state index is 4.75. The van der Waals surface area contributed by atoms with E-state index in [1.54, 1.807) is 0 Å². The smallest absolute Gasteiger partial charge is 0.131 e. The van der Waals surface area contributed by atoms with Crippen molar-refractivity contribution in [2.75, 3.05) is 0 Å². The summed E-state index contributed by atoms with van der Waals surface area (Å²) in [6.45, 7) is 4.73. The zero-order valence-electron chi connectivity index (χ0n) is 15.1. The minimum Gasteiger partial charge on any atom is -0.241 e. The van der Waals surface area contributed by atoms with Crippen LogP contribution < -0.4 is 0 Å². The average Bonchev–Trinajstić information content (AvgIpc) is 2.63. The lowest BCUT2D eigenvalue weighted by Gasteiger charge is -2.30.